The third-order valence-corrected chi connectivity index (χ3v) is 2.96. The third kappa shape index (κ3) is 1.30. The topological polar surface area (TPSA) is 29.3 Å². The Kier molecular flexibility index (Phi) is 2.18. The van der Waals surface area contributed by atoms with Crippen LogP contribution in [-0.4, -0.2) is 20.1 Å². The molecule has 3 heteroatoms. The van der Waals surface area contributed by atoms with Crippen molar-refractivity contribution in [2.24, 2.45) is 5.73 Å². The normalized spacial score (nSPS) is 20.5. The number of nitrogens with two attached hydrogens (primary N) is 1. The van der Waals surface area contributed by atoms with E-state index in [4.69, 9.17) is 17.3 Å². The highest BCUT2D eigenvalue weighted by atomic mass is 35.5. The van der Waals surface area contributed by atoms with Crippen LogP contribution in [0.3, 0.4) is 0 Å². The molecule has 1 aliphatic rings. The van der Waals surface area contributed by atoms with Crippen molar-refractivity contribution in [3.05, 3.63) is 28.8 Å². The molecule has 0 saturated heterocycles. The molecule has 0 aliphatic carbocycles. The quantitative estimate of drug-likeness (QED) is 0.743. The second kappa shape index (κ2) is 3.20. The molecule has 2 nitrogen and oxygen atoms in total. The van der Waals surface area contributed by atoms with Crippen molar-refractivity contribution in [3.8, 4) is 0 Å². The second-order valence-corrected chi connectivity index (χ2v) is 3.89. The third-order valence-electron chi connectivity index (χ3n) is 2.63. The molecule has 1 aliphatic heterocycles. The zero-order valence-electron chi connectivity index (χ0n) is 7.63. The van der Waals surface area contributed by atoms with Gasteiger partial charge in [-0.25, -0.2) is 0 Å². The standard InChI is InChI=1S/C10H13ClN2/c1-13-6-7(5-12)10-8(11)3-2-4-9(10)13/h2-4,7H,5-6,12H2,1H3. The number of rotatable bonds is 1. The van der Waals surface area contributed by atoms with E-state index in [-0.39, 0.29) is 0 Å². The SMILES string of the molecule is CN1CC(CN)c2c(Cl)cccc21. The van der Waals surface area contributed by atoms with Crippen LogP contribution in [0.5, 0.6) is 0 Å². The summed E-state index contributed by atoms with van der Waals surface area (Å²) in [4.78, 5) is 2.21. The lowest BCUT2D eigenvalue weighted by Crippen LogP contribution is -2.20. The van der Waals surface area contributed by atoms with Crippen molar-refractivity contribution in [1.29, 1.82) is 0 Å². The zero-order valence-corrected chi connectivity index (χ0v) is 8.38. The van der Waals surface area contributed by atoms with Gasteiger partial charge in [-0.05, 0) is 12.1 Å². The van der Waals surface area contributed by atoms with E-state index in [0.717, 1.165) is 11.6 Å². The Bertz CT molecular complexity index is 325. The summed E-state index contributed by atoms with van der Waals surface area (Å²) in [6.07, 6.45) is 0. The first-order chi connectivity index (χ1) is 6.24. The monoisotopic (exact) mass is 196 g/mol. The fourth-order valence-corrected chi connectivity index (χ4v) is 2.30. The Morgan fingerprint density at radius 2 is 2.38 bits per heavy atom. The molecule has 1 aromatic carbocycles. The molecule has 13 heavy (non-hydrogen) atoms. The van der Waals surface area contributed by atoms with Gasteiger partial charge >= 0.3 is 0 Å². The summed E-state index contributed by atoms with van der Waals surface area (Å²) in [6, 6.07) is 6.01. The Morgan fingerprint density at radius 1 is 1.62 bits per heavy atom. The largest absolute Gasteiger partial charge is 0.374 e. The Labute approximate surface area is 83.3 Å². The fourth-order valence-electron chi connectivity index (χ4n) is 1.98. The Morgan fingerprint density at radius 3 is 3.08 bits per heavy atom. The van der Waals surface area contributed by atoms with E-state index in [1.54, 1.807) is 0 Å². The smallest absolute Gasteiger partial charge is 0.0462 e. The van der Waals surface area contributed by atoms with Crippen LogP contribution in [-0.2, 0) is 0 Å². The van der Waals surface area contributed by atoms with Crippen molar-refractivity contribution in [1.82, 2.24) is 0 Å². The molecule has 1 heterocycles. The number of anilines is 1. The number of hydrogen-bond acceptors (Lipinski definition) is 2. The molecule has 0 fully saturated rings. The van der Waals surface area contributed by atoms with Crippen molar-refractivity contribution >= 4 is 17.3 Å². The maximum atomic E-state index is 6.13. The van der Waals surface area contributed by atoms with Gasteiger partial charge in [0.25, 0.3) is 0 Å². The molecular formula is C10H13ClN2. The summed E-state index contributed by atoms with van der Waals surface area (Å²) < 4.78 is 0. The summed E-state index contributed by atoms with van der Waals surface area (Å²) in [5, 5.41) is 0.845. The molecule has 2 rings (SSSR count). The lowest BCUT2D eigenvalue weighted by molar-refractivity contribution is 0.730. The van der Waals surface area contributed by atoms with Gasteiger partial charge in [-0.2, -0.15) is 0 Å². The maximum absolute atomic E-state index is 6.13. The van der Waals surface area contributed by atoms with Gasteiger partial charge in [-0.3, -0.25) is 0 Å². The number of hydrogen-bond donors (Lipinski definition) is 1. The number of benzene rings is 1. The van der Waals surface area contributed by atoms with Gasteiger partial charge < -0.3 is 10.6 Å². The zero-order chi connectivity index (χ0) is 9.42. The predicted octanol–water partition coefficient (Wildman–Crippen LogP) is 1.83. The van der Waals surface area contributed by atoms with Gasteiger partial charge in [0.2, 0.25) is 0 Å². The van der Waals surface area contributed by atoms with E-state index in [1.165, 1.54) is 11.3 Å². The molecule has 0 radical (unpaired) electrons. The Balaban J connectivity index is 2.52. The molecule has 0 bridgehead atoms. The minimum atomic E-state index is 0.397. The van der Waals surface area contributed by atoms with Crippen LogP contribution in [0, 0.1) is 0 Å². The average Bonchev–Trinajstić information content (AvgIpc) is 2.45. The Hall–Kier alpha value is -0.730. The van der Waals surface area contributed by atoms with Crippen molar-refractivity contribution in [3.63, 3.8) is 0 Å². The van der Waals surface area contributed by atoms with E-state index in [2.05, 4.69) is 18.0 Å². The van der Waals surface area contributed by atoms with Crippen LogP contribution >= 0.6 is 11.6 Å². The molecule has 0 saturated carbocycles. The predicted molar refractivity (Wildman–Crippen MR) is 56.5 cm³/mol. The highest BCUT2D eigenvalue weighted by molar-refractivity contribution is 6.32. The number of fused-ring (bicyclic) bond motifs is 1. The summed E-state index contributed by atoms with van der Waals surface area (Å²) in [5.41, 5.74) is 8.14. The molecule has 2 N–H and O–H groups in total. The minimum absolute atomic E-state index is 0.397. The van der Waals surface area contributed by atoms with Gasteiger partial charge in [0.15, 0.2) is 0 Å². The summed E-state index contributed by atoms with van der Waals surface area (Å²) in [7, 11) is 2.07. The van der Waals surface area contributed by atoms with Gasteiger partial charge in [-0.1, -0.05) is 17.7 Å². The molecule has 0 amide bonds. The van der Waals surface area contributed by atoms with Gasteiger partial charge in [-0.15, -0.1) is 0 Å². The molecule has 1 atom stereocenters. The maximum Gasteiger partial charge on any atom is 0.0462 e. The van der Waals surface area contributed by atoms with Gasteiger partial charge in [0, 0.05) is 42.3 Å². The first-order valence-electron chi connectivity index (χ1n) is 4.43. The lowest BCUT2D eigenvalue weighted by atomic mass is 10.0. The molecule has 1 aromatic rings. The fraction of sp³-hybridized carbons (Fsp3) is 0.400. The lowest BCUT2D eigenvalue weighted by Gasteiger charge is -2.11. The van der Waals surface area contributed by atoms with Crippen LogP contribution in [0.2, 0.25) is 5.02 Å². The van der Waals surface area contributed by atoms with E-state index in [1.807, 2.05) is 12.1 Å². The molecular weight excluding hydrogens is 184 g/mol. The van der Waals surface area contributed by atoms with Crippen LogP contribution in [0.15, 0.2) is 18.2 Å². The van der Waals surface area contributed by atoms with Crippen molar-refractivity contribution in [2.45, 2.75) is 5.92 Å². The molecule has 0 spiro atoms. The average molecular weight is 197 g/mol. The van der Waals surface area contributed by atoms with E-state index in [9.17, 15) is 0 Å². The second-order valence-electron chi connectivity index (χ2n) is 3.49. The summed E-state index contributed by atoms with van der Waals surface area (Å²) in [6.45, 7) is 1.65. The molecule has 70 valence electrons. The van der Waals surface area contributed by atoms with Crippen LogP contribution in [0.1, 0.15) is 11.5 Å². The molecule has 1 unspecified atom stereocenters. The van der Waals surface area contributed by atoms with Crippen molar-refractivity contribution in [2.75, 3.05) is 25.0 Å². The summed E-state index contributed by atoms with van der Waals surface area (Å²) in [5.74, 6) is 0.397. The summed E-state index contributed by atoms with van der Waals surface area (Å²) >= 11 is 6.13. The minimum Gasteiger partial charge on any atom is -0.374 e. The molecule has 0 aromatic heterocycles. The van der Waals surface area contributed by atoms with E-state index >= 15 is 0 Å². The van der Waals surface area contributed by atoms with E-state index < -0.39 is 0 Å². The van der Waals surface area contributed by atoms with Crippen molar-refractivity contribution < 1.29 is 0 Å². The number of nitrogens with zero attached hydrogens (tertiary/aromatic N) is 1. The first-order valence-corrected chi connectivity index (χ1v) is 4.81. The first kappa shape index (κ1) is 8.85. The van der Waals surface area contributed by atoms with Crippen LogP contribution < -0.4 is 10.6 Å². The van der Waals surface area contributed by atoms with E-state index in [0.29, 0.717) is 12.5 Å². The number of halogens is 1. The highest BCUT2D eigenvalue weighted by Gasteiger charge is 2.26. The van der Waals surface area contributed by atoms with Gasteiger partial charge in [0.05, 0.1) is 0 Å². The van der Waals surface area contributed by atoms with Crippen LogP contribution in [0.4, 0.5) is 5.69 Å². The van der Waals surface area contributed by atoms with Gasteiger partial charge in [0.1, 0.15) is 0 Å². The van der Waals surface area contributed by atoms with Crippen LogP contribution in [0.25, 0.3) is 0 Å². The highest BCUT2D eigenvalue weighted by Crippen LogP contribution is 2.39. The number of likely N-dealkylation sites (N-methyl/N-ethyl adjacent to an activating group) is 1.